The molecule has 0 saturated heterocycles. The van der Waals surface area contributed by atoms with Crippen LogP contribution in [-0.4, -0.2) is 18.5 Å². The van der Waals surface area contributed by atoms with Gasteiger partial charge in [0.15, 0.2) is 0 Å². The van der Waals surface area contributed by atoms with E-state index in [1.54, 1.807) is 6.92 Å². The number of amides is 1. The fourth-order valence-electron chi connectivity index (χ4n) is 1.02. The highest BCUT2D eigenvalue weighted by Crippen LogP contribution is 2.09. The summed E-state index contributed by atoms with van der Waals surface area (Å²) in [7, 11) is 0. The van der Waals surface area contributed by atoms with Crippen molar-refractivity contribution >= 4 is 5.91 Å². The van der Waals surface area contributed by atoms with Crippen molar-refractivity contribution in [2.24, 2.45) is 5.73 Å². The number of nitrogens with two attached hydrogens (primary N) is 1. The Balaban J connectivity index is 2.77. The molecule has 0 aliphatic rings. The average Bonchev–Trinajstić information content (AvgIpc) is 2.18. The van der Waals surface area contributed by atoms with Crippen LogP contribution in [0, 0.1) is 11.6 Å². The summed E-state index contributed by atoms with van der Waals surface area (Å²) in [5.74, 6) is -2.06. The van der Waals surface area contributed by atoms with Gasteiger partial charge < -0.3 is 11.1 Å². The minimum Gasteiger partial charge on any atom is -0.350 e. The minimum absolute atomic E-state index is 0.217. The van der Waals surface area contributed by atoms with E-state index in [2.05, 4.69) is 5.32 Å². The van der Waals surface area contributed by atoms with Crippen LogP contribution in [0.25, 0.3) is 0 Å². The van der Waals surface area contributed by atoms with E-state index in [-0.39, 0.29) is 18.2 Å². The molecule has 0 aromatic heterocycles. The number of hydrogen-bond donors (Lipinski definition) is 2. The predicted molar refractivity (Wildman–Crippen MR) is 52.3 cm³/mol. The topological polar surface area (TPSA) is 55.1 Å². The van der Waals surface area contributed by atoms with Gasteiger partial charge in [0.25, 0.3) is 5.91 Å². The number of nitrogens with one attached hydrogen (secondary N) is 1. The van der Waals surface area contributed by atoms with E-state index in [0.717, 1.165) is 18.2 Å². The van der Waals surface area contributed by atoms with Crippen molar-refractivity contribution in [2.75, 3.05) is 6.54 Å². The zero-order chi connectivity index (χ0) is 11.4. The van der Waals surface area contributed by atoms with E-state index >= 15 is 0 Å². The van der Waals surface area contributed by atoms with Crippen LogP contribution in [0.2, 0.25) is 0 Å². The molecule has 1 unspecified atom stereocenters. The van der Waals surface area contributed by atoms with Gasteiger partial charge in [-0.3, -0.25) is 4.79 Å². The first-order valence-corrected chi connectivity index (χ1v) is 4.49. The quantitative estimate of drug-likeness (QED) is 0.790. The number of halogens is 2. The molecule has 0 radical (unpaired) electrons. The van der Waals surface area contributed by atoms with Gasteiger partial charge >= 0.3 is 0 Å². The third kappa shape index (κ3) is 3.28. The van der Waals surface area contributed by atoms with Crippen molar-refractivity contribution < 1.29 is 13.6 Å². The highest BCUT2D eigenvalue weighted by atomic mass is 19.1. The molecular formula is C10H12F2N2O. The van der Waals surface area contributed by atoms with Crippen LogP contribution in [0.15, 0.2) is 18.2 Å². The molecule has 0 saturated carbocycles. The summed E-state index contributed by atoms with van der Waals surface area (Å²) in [4.78, 5) is 11.3. The van der Waals surface area contributed by atoms with Gasteiger partial charge in [0.05, 0.1) is 5.56 Å². The van der Waals surface area contributed by atoms with Crippen molar-refractivity contribution in [1.29, 1.82) is 0 Å². The van der Waals surface area contributed by atoms with Crippen molar-refractivity contribution in [3.05, 3.63) is 35.4 Å². The van der Waals surface area contributed by atoms with E-state index < -0.39 is 17.5 Å². The van der Waals surface area contributed by atoms with Gasteiger partial charge in [-0.15, -0.1) is 0 Å². The fourth-order valence-corrected chi connectivity index (χ4v) is 1.02. The van der Waals surface area contributed by atoms with Crippen LogP contribution in [0.3, 0.4) is 0 Å². The molecule has 3 N–H and O–H groups in total. The molecule has 5 heteroatoms. The van der Waals surface area contributed by atoms with Crippen molar-refractivity contribution in [2.45, 2.75) is 13.0 Å². The smallest absolute Gasteiger partial charge is 0.254 e. The van der Waals surface area contributed by atoms with Crippen molar-refractivity contribution in [3.63, 3.8) is 0 Å². The second-order valence-electron chi connectivity index (χ2n) is 3.31. The molecule has 1 aromatic rings. The molecular weight excluding hydrogens is 202 g/mol. The highest BCUT2D eigenvalue weighted by Gasteiger charge is 2.12. The molecule has 15 heavy (non-hydrogen) atoms. The molecule has 0 bridgehead atoms. The first kappa shape index (κ1) is 11.6. The Labute approximate surface area is 86.3 Å². The molecule has 0 spiro atoms. The third-order valence-corrected chi connectivity index (χ3v) is 1.76. The Morgan fingerprint density at radius 1 is 1.53 bits per heavy atom. The van der Waals surface area contributed by atoms with Crippen LogP contribution in [0.4, 0.5) is 8.78 Å². The largest absolute Gasteiger partial charge is 0.350 e. The monoisotopic (exact) mass is 214 g/mol. The maximum absolute atomic E-state index is 13.1. The predicted octanol–water partition coefficient (Wildman–Crippen LogP) is 1.04. The van der Waals surface area contributed by atoms with Gasteiger partial charge in [-0.1, -0.05) is 0 Å². The van der Waals surface area contributed by atoms with E-state index in [4.69, 9.17) is 5.73 Å². The first-order chi connectivity index (χ1) is 7.00. The van der Waals surface area contributed by atoms with Crippen molar-refractivity contribution in [3.8, 4) is 0 Å². The Hall–Kier alpha value is -1.49. The molecule has 1 rings (SSSR count). The van der Waals surface area contributed by atoms with Gasteiger partial charge in [-0.2, -0.15) is 0 Å². The van der Waals surface area contributed by atoms with Gasteiger partial charge in [-0.25, -0.2) is 8.78 Å². The summed E-state index contributed by atoms with van der Waals surface area (Å²) in [5.41, 5.74) is 5.09. The van der Waals surface area contributed by atoms with E-state index in [9.17, 15) is 13.6 Å². The van der Waals surface area contributed by atoms with Crippen molar-refractivity contribution in [1.82, 2.24) is 5.32 Å². The zero-order valence-electron chi connectivity index (χ0n) is 8.26. The lowest BCUT2D eigenvalue weighted by Crippen LogP contribution is -2.35. The van der Waals surface area contributed by atoms with Gasteiger partial charge in [0.2, 0.25) is 0 Å². The Kier molecular flexibility index (Phi) is 3.74. The van der Waals surface area contributed by atoms with Gasteiger partial charge in [-0.05, 0) is 25.1 Å². The lowest BCUT2D eigenvalue weighted by molar-refractivity contribution is 0.0947. The molecule has 0 aliphatic carbocycles. The molecule has 1 amide bonds. The molecule has 82 valence electrons. The average molecular weight is 214 g/mol. The van der Waals surface area contributed by atoms with Crippen LogP contribution >= 0.6 is 0 Å². The summed E-state index contributed by atoms with van der Waals surface area (Å²) < 4.78 is 25.8. The maximum Gasteiger partial charge on any atom is 0.254 e. The summed E-state index contributed by atoms with van der Waals surface area (Å²) in [5, 5.41) is 2.40. The molecule has 3 nitrogen and oxygen atoms in total. The number of benzene rings is 1. The Bertz CT molecular complexity index is 366. The van der Waals surface area contributed by atoms with E-state index in [1.165, 1.54) is 0 Å². The summed E-state index contributed by atoms with van der Waals surface area (Å²) in [6.45, 7) is 1.91. The molecule has 1 aromatic carbocycles. The Morgan fingerprint density at radius 3 is 2.80 bits per heavy atom. The second-order valence-corrected chi connectivity index (χ2v) is 3.31. The minimum atomic E-state index is -0.751. The lowest BCUT2D eigenvalue weighted by Gasteiger charge is -2.08. The van der Waals surface area contributed by atoms with Gasteiger partial charge in [0, 0.05) is 12.6 Å². The number of rotatable bonds is 3. The summed E-state index contributed by atoms with van der Waals surface area (Å²) in [6.07, 6.45) is 0. The van der Waals surface area contributed by atoms with Gasteiger partial charge in [0.1, 0.15) is 11.6 Å². The second kappa shape index (κ2) is 4.84. The molecule has 0 heterocycles. The summed E-state index contributed by atoms with van der Waals surface area (Å²) in [6, 6.07) is 2.49. The lowest BCUT2D eigenvalue weighted by atomic mass is 10.2. The standard InChI is InChI=1S/C10H12F2N2O/c1-6(13)5-14-10(15)8-4-7(11)2-3-9(8)12/h2-4,6H,5,13H2,1H3,(H,14,15). The third-order valence-electron chi connectivity index (χ3n) is 1.76. The molecule has 1 atom stereocenters. The maximum atomic E-state index is 13.1. The summed E-state index contributed by atoms with van der Waals surface area (Å²) >= 11 is 0. The fraction of sp³-hybridized carbons (Fsp3) is 0.300. The normalized spacial score (nSPS) is 12.3. The van der Waals surface area contributed by atoms with Crippen LogP contribution < -0.4 is 11.1 Å². The van der Waals surface area contributed by atoms with Crippen LogP contribution in [0.1, 0.15) is 17.3 Å². The Morgan fingerprint density at radius 2 is 2.20 bits per heavy atom. The first-order valence-electron chi connectivity index (χ1n) is 4.49. The number of carbonyl (C=O) groups excluding carboxylic acids is 1. The number of carbonyl (C=O) groups is 1. The number of hydrogen-bond acceptors (Lipinski definition) is 2. The van der Waals surface area contributed by atoms with Crippen LogP contribution in [-0.2, 0) is 0 Å². The van der Waals surface area contributed by atoms with E-state index in [1.807, 2.05) is 0 Å². The SMILES string of the molecule is CC(N)CNC(=O)c1cc(F)ccc1F. The zero-order valence-corrected chi connectivity index (χ0v) is 8.26. The highest BCUT2D eigenvalue weighted by molar-refractivity contribution is 5.94. The molecule has 0 aliphatic heterocycles. The molecule has 0 fully saturated rings. The van der Waals surface area contributed by atoms with E-state index in [0.29, 0.717) is 0 Å². The van der Waals surface area contributed by atoms with Crippen LogP contribution in [0.5, 0.6) is 0 Å².